The molecule has 2 fully saturated rings. The van der Waals surface area contributed by atoms with E-state index in [-0.39, 0.29) is 18.1 Å². The van der Waals surface area contributed by atoms with Gasteiger partial charge in [-0.25, -0.2) is 10.8 Å². The number of hydrazine groups is 1. The molecule has 0 aliphatic carbocycles. The lowest BCUT2D eigenvalue weighted by Gasteiger charge is -2.20. The van der Waals surface area contributed by atoms with Crippen molar-refractivity contribution in [1.29, 1.82) is 0 Å². The second-order valence-corrected chi connectivity index (χ2v) is 5.30. The molecule has 2 saturated heterocycles. The Hall–Kier alpha value is -1.37. The molecule has 6 nitrogen and oxygen atoms in total. The van der Waals surface area contributed by atoms with E-state index in [1.54, 1.807) is 6.07 Å². The number of halogens is 1. The van der Waals surface area contributed by atoms with Gasteiger partial charge in [0, 0.05) is 6.20 Å². The number of hydrogen-bond donors (Lipinski definition) is 3. The first-order chi connectivity index (χ1) is 9.17. The third-order valence-electron chi connectivity index (χ3n) is 3.66. The third kappa shape index (κ3) is 2.39. The first kappa shape index (κ1) is 12.7. The number of fused-ring (bicyclic) bond motifs is 2. The van der Waals surface area contributed by atoms with Crippen LogP contribution in [0.3, 0.4) is 0 Å². The maximum Gasteiger partial charge on any atom is 0.253 e. The molecule has 1 amide bonds. The number of aromatic nitrogens is 1. The number of nitrogen functional groups attached to an aromatic ring is 1. The maximum absolute atomic E-state index is 12.1. The molecule has 3 atom stereocenters. The molecule has 19 heavy (non-hydrogen) atoms. The summed E-state index contributed by atoms with van der Waals surface area (Å²) in [5.74, 6) is 5.40. The van der Waals surface area contributed by atoms with E-state index >= 15 is 0 Å². The topological polar surface area (TPSA) is 89.3 Å². The van der Waals surface area contributed by atoms with Gasteiger partial charge in [0.05, 0.1) is 28.8 Å². The standard InChI is InChI=1S/C12H15ClN4O2/c13-8-3-6(5-15-11(8)17-14)12(18)16-9-4-7-1-2-10(9)19-7/h3,5,7,9-10H,1-2,4,14H2,(H,15,17)(H,16,18). The predicted octanol–water partition coefficient (Wildman–Crippen LogP) is 1.07. The van der Waals surface area contributed by atoms with E-state index in [2.05, 4.69) is 15.7 Å². The SMILES string of the molecule is NNc1ncc(C(=O)NC2CC3CCC2O3)cc1Cl. The van der Waals surface area contributed by atoms with E-state index in [0.29, 0.717) is 22.5 Å². The molecule has 1 aromatic rings. The van der Waals surface area contributed by atoms with Crippen molar-refractivity contribution < 1.29 is 9.53 Å². The quantitative estimate of drug-likeness (QED) is 0.570. The molecule has 1 aromatic heterocycles. The van der Waals surface area contributed by atoms with Crippen LogP contribution >= 0.6 is 11.6 Å². The number of nitrogens with zero attached hydrogens (tertiary/aromatic N) is 1. The molecule has 3 unspecified atom stereocenters. The number of hydrogen-bond acceptors (Lipinski definition) is 5. The lowest BCUT2D eigenvalue weighted by Crippen LogP contribution is -2.41. The van der Waals surface area contributed by atoms with Gasteiger partial charge in [0.1, 0.15) is 0 Å². The summed E-state index contributed by atoms with van der Waals surface area (Å²) in [6, 6.07) is 1.64. The van der Waals surface area contributed by atoms with E-state index < -0.39 is 0 Å². The van der Waals surface area contributed by atoms with Crippen molar-refractivity contribution in [2.24, 2.45) is 5.84 Å². The Morgan fingerprint density at radius 2 is 2.37 bits per heavy atom. The number of carbonyl (C=O) groups is 1. The average molecular weight is 283 g/mol. The first-order valence-electron chi connectivity index (χ1n) is 6.26. The van der Waals surface area contributed by atoms with Gasteiger partial charge in [-0.1, -0.05) is 11.6 Å². The normalized spacial score (nSPS) is 28.4. The molecular formula is C12H15ClN4O2. The number of carbonyl (C=O) groups excluding carboxylic acids is 1. The fraction of sp³-hybridized carbons (Fsp3) is 0.500. The zero-order valence-corrected chi connectivity index (χ0v) is 11.0. The molecule has 2 aliphatic heterocycles. The molecule has 2 aliphatic rings. The minimum atomic E-state index is -0.181. The fourth-order valence-electron chi connectivity index (χ4n) is 2.71. The summed E-state index contributed by atoms with van der Waals surface area (Å²) >= 11 is 5.94. The summed E-state index contributed by atoms with van der Waals surface area (Å²) in [4.78, 5) is 16.1. The van der Waals surface area contributed by atoms with Crippen LogP contribution in [-0.4, -0.2) is 29.1 Å². The number of rotatable bonds is 3. The highest BCUT2D eigenvalue weighted by Crippen LogP contribution is 2.34. The molecule has 0 radical (unpaired) electrons. The van der Waals surface area contributed by atoms with Gasteiger partial charge in [0.15, 0.2) is 5.82 Å². The third-order valence-corrected chi connectivity index (χ3v) is 3.95. The second kappa shape index (κ2) is 4.96. The van der Waals surface area contributed by atoms with Gasteiger partial charge in [-0.2, -0.15) is 0 Å². The minimum absolute atomic E-state index is 0.0948. The number of nitrogens with one attached hydrogen (secondary N) is 2. The number of pyridine rings is 1. The zero-order chi connectivity index (χ0) is 13.4. The molecule has 0 aromatic carbocycles. The highest BCUT2D eigenvalue weighted by Gasteiger charge is 2.41. The molecule has 2 bridgehead atoms. The fourth-order valence-corrected chi connectivity index (χ4v) is 2.93. The van der Waals surface area contributed by atoms with Gasteiger partial charge < -0.3 is 15.5 Å². The number of ether oxygens (including phenoxy) is 1. The van der Waals surface area contributed by atoms with Gasteiger partial charge in [0.2, 0.25) is 0 Å². The Labute approximate surface area is 115 Å². The van der Waals surface area contributed by atoms with Gasteiger partial charge in [-0.05, 0) is 25.3 Å². The Morgan fingerprint density at radius 1 is 1.53 bits per heavy atom. The highest BCUT2D eigenvalue weighted by atomic mass is 35.5. The van der Waals surface area contributed by atoms with Crippen LogP contribution in [0.15, 0.2) is 12.3 Å². The van der Waals surface area contributed by atoms with Crippen molar-refractivity contribution in [3.63, 3.8) is 0 Å². The van der Waals surface area contributed by atoms with E-state index in [0.717, 1.165) is 19.3 Å². The molecule has 7 heteroatoms. The minimum Gasteiger partial charge on any atom is -0.373 e. The molecule has 3 rings (SSSR count). The van der Waals surface area contributed by atoms with Gasteiger partial charge in [0.25, 0.3) is 5.91 Å². The van der Waals surface area contributed by atoms with Crippen molar-refractivity contribution in [2.75, 3.05) is 5.43 Å². The van der Waals surface area contributed by atoms with Crippen molar-refractivity contribution in [3.8, 4) is 0 Å². The summed E-state index contributed by atoms with van der Waals surface area (Å²) in [5, 5.41) is 3.30. The smallest absolute Gasteiger partial charge is 0.253 e. The summed E-state index contributed by atoms with van der Waals surface area (Å²) < 4.78 is 5.70. The Kier molecular flexibility index (Phi) is 3.30. The van der Waals surface area contributed by atoms with Crippen LogP contribution in [0.5, 0.6) is 0 Å². The van der Waals surface area contributed by atoms with Crippen molar-refractivity contribution >= 4 is 23.3 Å². The molecule has 0 spiro atoms. The summed E-state index contributed by atoms with van der Waals surface area (Å²) in [5.41, 5.74) is 2.78. The molecule has 0 saturated carbocycles. The van der Waals surface area contributed by atoms with Crippen LogP contribution in [0, 0.1) is 0 Å². The van der Waals surface area contributed by atoms with Crippen molar-refractivity contribution in [2.45, 2.75) is 37.5 Å². The first-order valence-corrected chi connectivity index (χ1v) is 6.63. The second-order valence-electron chi connectivity index (χ2n) is 4.89. The van der Waals surface area contributed by atoms with E-state index in [4.69, 9.17) is 22.2 Å². The monoisotopic (exact) mass is 282 g/mol. The van der Waals surface area contributed by atoms with Crippen LogP contribution in [0.4, 0.5) is 5.82 Å². The largest absolute Gasteiger partial charge is 0.373 e. The van der Waals surface area contributed by atoms with Gasteiger partial charge in [-0.15, -0.1) is 0 Å². The van der Waals surface area contributed by atoms with Gasteiger partial charge >= 0.3 is 0 Å². The average Bonchev–Trinajstić information content (AvgIpc) is 3.00. The maximum atomic E-state index is 12.1. The molecular weight excluding hydrogens is 268 g/mol. The number of anilines is 1. The number of amides is 1. The Morgan fingerprint density at radius 3 is 2.95 bits per heavy atom. The molecule has 4 N–H and O–H groups in total. The van der Waals surface area contributed by atoms with Crippen molar-refractivity contribution in [3.05, 3.63) is 22.8 Å². The van der Waals surface area contributed by atoms with Crippen molar-refractivity contribution in [1.82, 2.24) is 10.3 Å². The number of nitrogens with two attached hydrogens (primary N) is 1. The van der Waals surface area contributed by atoms with Crippen LogP contribution in [0.2, 0.25) is 5.02 Å². The lowest BCUT2D eigenvalue weighted by atomic mass is 9.95. The predicted molar refractivity (Wildman–Crippen MR) is 70.8 cm³/mol. The van der Waals surface area contributed by atoms with E-state index in [9.17, 15) is 4.79 Å². The Bertz CT molecular complexity index is 511. The van der Waals surface area contributed by atoms with Crippen LogP contribution in [0.1, 0.15) is 29.6 Å². The summed E-state index contributed by atoms with van der Waals surface area (Å²) in [6.45, 7) is 0. The lowest BCUT2D eigenvalue weighted by molar-refractivity contribution is 0.0840. The molecule has 102 valence electrons. The van der Waals surface area contributed by atoms with E-state index in [1.165, 1.54) is 6.20 Å². The highest BCUT2D eigenvalue weighted by molar-refractivity contribution is 6.33. The van der Waals surface area contributed by atoms with Crippen LogP contribution in [0.25, 0.3) is 0 Å². The summed E-state index contributed by atoms with van der Waals surface area (Å²) in [7, 11) is 0. The van der Waals surface area contributed by atoms with Gasteiger partial charge in [-0.3, -0.25) is 4.79 Å². The summed E-state index contributed by atoms with van der Waals surface area (Å²) in [6.07, 6.45) is 4.92. The zero-order valence-electron chi connectivity index (χ0n) is 10.2. The Balaban J connectivity index is 1.69. The van der Waals surface area contributed by atoms with Crippen LogP contribution < -0.4 is 16.6 Å². The van der Waals surface area contributed by atoms with Crippen LogP contribution in [-0.2, 0) is 4.74 Å². The van der Waals surface area contributed by atoms with E-state index in [1.807, 2.05) is 0 Å². The molecule has 3 heterocycles.